The van der Waals surface area contributed by atoms with Crippen molar-refractivity contribution in [1.29, 1.82) is 0 Å². The van der Waals surface area contributed by atoms with Gasteiger partial charge in [0.2, 0.25) is 5.01 Å². The van der Waals surface area contributed by atoms with Gasteiger partial charge in [0.1, 0.15) is 11.8 Å². The highest BCUT2D eigenvalue weighted by atomic mass is 127. The summed E-state index contributed by atoms with van der Waals surface area (Å²) in [7, 11) is 0.249. The normalized spacial score (nSPS) is 11.5. The molecule has 0 bridgehead atoms. The summed E-state index contributed by atoms with van der Waals surface area (Å²) in [5.74, 6) is 0. The zero-order valence-electron chi connectivity index (χ0n) is 7.97. The fourth-order valence-corrected chi connectivity index (χ4v) is 2.61. The minimum absolute atomic E-state index is 0. The van der Waals surface area contributed by atoms with Crippen LogP contribution in [0.1, 0.15) is 10.6 Å². The molecule has 1 heterocycles. The van der Waals surface area contributed by atoms with Crippen LogP contribution in [0, 0.1) is 13.8 Å². The van der Waals surface area contributed by atoms with Crippen molar-refractivity contribution in [1.82, 2.24) is 4.98 Å². The maximum absolute atomic E-state index is 4.52. The van der Waals surface area contributed by atoms with Crippen molar-refractivity contribution in [2.24, 2.45) is 6.26 Å². The number of hydrogen-bond acceptors (Lipinski definition) is 1. The lowest BCUT2D eigenvalue weighted by Crippen LogP contribution is -3.00. The van der Waals surface area contributed by atoms with Gasteiger partial charge >= 0.3 is 0 Å². The summed E-state index contributed by atoms with van der Waals surface area (Å²) in [6.45, 7) is 4.22. The number of aromatic nitrogens is 1. The van der Waals surface area contributed by atoms with Gasteiger partial charge in [-0.15, -0.1) is 0 Å². The zero-order valence-corrected chi connectivity index (χ0v) is 10.9. The number of rotatable bonds is 0. The molecular weight excluding hydrogens is 293 g/mol. The van der Waals surface area contributed by atoms with Crippen molar-refractivity contribution in [2.45, 2.75) is 13.8 Å². The molecule has 0 amide bonds. The van der Waals surface area contributed by atoms with Gasteiger partial charge in [-0.2, -0.15) is 4.98 Å². The first-order valence-electron chi connectivity index (χ1n) is 4.00. The van der Waals surface area contributed by atoms with Crippen LogP contribution in [-0.2, 0) is 6.26 Å². The predicted octanol–water partition coefficient (Wildman–Crippen LogP) is 0.142. The third-order valence-corrected chi connectivity index (χ3v) is 4.15. The number of thiazole rings is 1. The molecule has 13 heavy (non-hydrogen) atoms. The number of fused-ring (bicyclic) bond motifs is 1. The second-order valence-electron chi connectivity index (χ2n) is 3.11. The third kappa shape index (κ3) is 1.86. The first-order chi connectivity index (χ1) is 5.68. The molecule has 1 atom stereocenters. The average Bonchev–Trinajstić information content (AvgIpc) is 2.28. The lowest BCUT2D eigenvalue weighted by Gasteiger charge is -1.86. The summed E-state index contributed by atoms with van der Waals surface area (Å²) in [6.07, 6.45) is 2.24. The Morgan fingerprint density at radius 3 is 2.62 bits per heavy atom. The van der Waals surface area contributed by atoms with Gasteiger partial charge in [0.15, 0.2) is 4.70 Å². The zero-order chi connectivity index (χ0) is 8.72. The molecule has 0 saturated carbocycles. The van der Waals surface area contributed by atoms with E-state index in [1.165, 1.54) is 20.8 Å². The van der Waals surface area contributed by atoms with Crippen molar-refractivity contribution < 1.29 is 24.0 Å². The van der Waals surface area contributed by atoms with Crippen molar-refractivity contribution >= 4 is 20.7 Å². The summed E-state index contributed by atoms with van der Waals surface area (Å²) >= 11 is 0. The predicted molar refractivity (Wildman–Crippen MR) is 54.7 cm³/mol. The summed E-state index contributed by atoms with van der Waals surface area (Å²) in [5.41, 5.74) is 2.47. The highest BCUT2D eigenvalue weighted by Gasteiger charge is 2.13. The minimum atomic E-state index is 0. The number of hydrogen-bond donors (Lipinski definition) is 0. The van der Waals surface area contributed by atoms with Gasteiger partial charge in [-0.3, -0.25) is 0 Å². The smallest absolute Gasteiger partial charge is 0.239 e. The highest BCUT2D eigenvalue weighted by Crippen LogP contribution is 2.30. The van der Waals surface area contributed by atoms with Gasteiger partial charge in [0.25, 0.3) is 0 Å². The van der Waals surface area contributed by atoms with E-state index in [1.807, 2.05) is 0 Å². The van der Waals surface area contributed by atoms with Gasteiger partial charge in [0, 0.05) is 23.5 Å². The quantitative estimate of drug-likeness (QED) is 0.498. The van der Waals surface area contributed by atoms with Crippen LogP contribution >= 0.6 is 10.5 Å². The number of halogens is 1. The Balaban J connectivity index is 0.000000845. The summed E-state index contributed by atoms with van der Waals surface area (Å²) < 4.78 is 1.40. The molecule has 0 fully saturated rings. The van der Waals surface area contributed by atoms with E-state index in [0.29, 0.717) is 0 Å². The van der Waals surface area contributed by atoms with E-state index < -0.39 is 0 Å². The summed E-state index contributed by atoms with van der Waals surface area (Å²) in [4.78, 5) is 4.52. The standard InChI is InChI=1S/C10H12NS.HI/c1-7-4-5-10-9(6-7)11-8(2)12(10)3;/h4-6H,1-3H3;1H/q+1;/p-1. The minimum Gasteiger partial charge on any atom is -1.00 e. The fourth-order valence-electron chi connectivity index (χ4n) is 1.37. The Morgan fingerprint density at radius 2 is 1.92 bits per heavy atom. The topological polar surface area (TPSA) is 12.9 Å². The van der Waals surface area contributed by atoms with Crippen LogP contribution in [-0.4, -0.2) is 4.98 Å². The van der Waals surface area contributed by atoms with Crippen molar-refractivity contribution in [3.63, 3.8) is 0 Å². The van der Waals surface area contributed by atoms with E-state index >= 15 is 0 Å². The highest BCUT2D eigenvalue weighted by molar-refractivity contribution is 7.35. The van der Waals surface area contributed by atoms with Gasteiger partial charge < -0.3 is 24.0 Å². The van der Waals surface area contributed by atoms with E-state index in [2.05, 4.69) is 43.3 Å². The van der Waals surface area contributed by atoms with E-state index in [4.69, 9.17) is 0 Å². The van der Waals surface area contributed by atoms with Crippen LogP contribution in [0.4, 0.5) is 0 Å². The van der Waals surface area contributed by atoms with Crippen LogP contribution < -0.4 is 24.0 Å². The SMILES string of the molecule is Cc1ccc2c(c1)nc(C)[s+]2C.[I-]. The van der Waals surface area contributed by atoms with Gasteiger partial charge in [-0.05, 0) is 18.6 Å². The lowest BCUT2D eigenvalue weighted by atomic mass is 10.2. The summed E-state index contributed by atoms with van der Waals surface area (Å²) in [6, 6.07) is 6.53. The van der Waals surface area contributed by atoms with Crippen LogP contribution in [0.25, 0.3) is 10.2 Å². The van der Waals surface area contributed by atoms with Crippen molar-refractivity contribution in [2.75, 3.05) is 0 Å². The molecular formula is C10H12INS. The van der Waals surface area contributed by atoms with E-state index in [0.717, 1.165) is 0 Å². The Labute approximate surface area is 98.2 Å². The second-order valence-corrected chi connectivity index (χ2v) is 5.16. The molecule has 1 aromatic heterocycles. The monoisotopic (exact) mass is 305 g/mol. The van der Waals surface area contributed by atoms with Crippen LogP contribution in [0.2, 0.25) is 0 Å². The molecule has 0 spiro atoms. The average molecular weight is 305 g/mol. The van der Waals surface area contributed by atoms with E-state index in [1.54, 1.807) is 0 Å². The Hall–Kier alpha value is -0.160. The maximum Gasteiger partial charge on any atom is 0.239 e. The van der Waals surface area contributed by atoms with Gasteiger partial charge in [-0.1, -0.05) is 6.07 Å². The van der Waals surface area contributed by atoms with Gasteiger partial charge in [-0.25, -0.2) is 0 Å². The second kappa shape index (κ2) is 3.92. The first kappa shape index (κ1) is 10.9. The molecule has 1 unspecified atom stereocenters. The van der Waals surface area contributed by atoms with Gasteiger partial charge in [0.05, 0.1) is 0 Å². The third-order valence-electron chi connectivity index (χ3n) is 2.17. The Kier molecular flexibility index (Phi) is 3.29. The molecule has 1 aromatic carbocycles. The molecule has 0 radical (unpaired) electrons. The number of nitrogens with zero attached hydrogens (tertiary/aromatic N) is 1. The molecule has 0 aliphatic heterocycles. The molecule has 2 aromatic rings. The maximum atomic E-state index is 4.52. The Morgan fingerprint density at radius 1 is 1.23 bits per heavy atom. The van der Waals surface area contributed by atoms with E-state index in [9.17, 15) is 0 Å². The molecule has 0 aliphatic rings. The van der Waals surface area contributed by atoms with Crippen molar-refractivity contribution in [3.05, 3.63) is 28.8 Å². The molecule has 0 saturated heterocycles. The van der Waals surface area contributed by atoms with Crippen LogP contribution in [0.3, 0.4) is 0 Å². The van der Waals surface area contributed by atoms with Crippen LogP contribution in [0.5, 0.6) is 0 Å². The molecule has 0 aliphatic carbocycles. The number of benzene rings is 1. The van der Waals surface area contributed by atoms with Crippen molar-refractivity contribution in [3.8, 4) is 0 Å². The molecule has 0 N–H and O–H groups in total. The molecule has 2 rings (SSSR count). The lowest BCUT2D eigenvalue weighted by molar-refractivity contribution is -0.00000268. The Bertz CT molecular complexity index is 434. The largest absolute Gasteiger partial charge is 1.00 e. The molecule has 1 nitrogen and oxygen atoms in total. The van der Waals surface area contributed by atoms with E-state index in [-0.39, 0.29) is 34.4 Å². The van der Waals surface area contributed by atoms with Crippen LogP contribution in [0.15, 0.2) is 18.2 Å². The first-order valence-corrected chi connectivity index (χ1v) is 5.63. The number of aryl methyl sites for hydroxylation is 3. The fraction of sp³-hybridized carbons (Fsp3) is 0.300. The molecule has 70 valence electrons. The summed E-state index contributed by atoms with van der Waals surface area (Å²) in [5, 5.41) is 1.26. The molecule has 3 heteroatoms.